The maximum atomic E-state index is 13.4. The second-order valence-electron chi connectivity index (χ2n) is 3.80. The first kappa shape index (κ1) is 13.5. The summed E-state index contributed by atoms with van der Waals surface area (Å²) in [4.78, 5) is 11.4. The van der Waals surface area contributed by atoms with Gasteiger partial charge in [0.05, 0.1) is 20.1 Å². The van der Waals surface area contributed by atoms with Crippen LogP contribution in [0.15, 0.2) is 18.2 Å². The predicted octanol–water partition coefficient (Wildman–Crippen LogP) is 2.58. The maximum Gasteiger partial charge on any atom is 0.308 e. The fourth-order valence-electron chi connectivity index (χ4n) is 1.68. The number of hydrogen-bond donors (Lipinski definition) is 0. The van der Waals surface area contributed by atoms with Crippen molar-refractivity contribution in [3.63, 3.8) is 0 Å². The summed E-state index contributed by atoms with van der Waals surface area (Å²) in [5.41, 5.74) is 0.764. The first-order valence-electron chi connectivity index (χ1n) is 5.52. The van der Waals surface area contributed by atoms with Crippen LogP contribution in [0.3, 0.4) is 0 Å². The fraction of sp³-hybridized carbons (Fsp3) is 0.462. The Bertz CT molecular complexity index is 390. The second kappa shape index (κ2) is 6.23. The van der Waals surface area contributed by atoms with Crippen LogP contribution in [0.25, 0.3) is 0 Å². The average molecular weight is 240 g/mol. The molecule has 0 aliphatic rings. The van der Waals surface area contributed by atoms with Crippen LogP contribution in [-0.4, -0.2) is 20.2 Å². The van der Waals surface area contributed by atoms with Crippen LogP contribution >= 0.6 is 0 Å². The molecule has 0 saturated heterocycles. The Morgan fingerprint density at radius 2 is 2.12 bits per heavy atom. The summed E-state index contributed by atoms with van der Waals surface area (Å²) >= 11 is 0. The molecule has 0 spiro atoms. The monoisotopic (exact) mass is 240 g/mol. The van der Waals surface area contributed by atoms with Crippen molar-refractivity contribution in [1.82, 2.24) is 0 Å². The van der Waals surface area contributed by atoms with Crippen molar-refractivity contribution in [2.45, 2.75) is 19.8 Å². The summed E-state index contributed by atoms with van der Waals surface area (Å²) in [6, 6.07) is 4.71. The molecule has 17 heavy (non-hydrogen) atoms. The van der Waals surface area contributed by atoms with E-state index in [1.807, 2.05) is 6.92 Å². The Morgan fingerprint density at radius 1 is 1.41 bits per heavy atom. The molecule has 4 heteroatoms. The Balaban J connectivity index is 2.80. The van der Waals surface area contributed by atoms with Crippen molar-refractivity contribution in [2.75, 3.05) is 14.2 Å². The second-order valence-corrected chi connectivity index (χ2v) is 3.80. The number of rotatable bonds is 5. The Morgan fingerprint density at radius 3 is 2.59 bits per heavy atom. The van der Waals surface area contributed by atoms with Gasteiger partial charge in [-0.05, 0) is 30.5 Å². The van der Waals surface area contributed by atoms with Crippen LogP contribution in [0, 0.1) is 11.7 Å². The van der Waals surface area contributed by atoms with Gasteiger partial charge in [0.25, 0.3) is 0 Å². The summed E-state index contributed by atoms with van der Waals surface area (Å²) < 4.78 is 23.0. The van der Waals surface area contributed by atoms with Crippen LogP contribution in [0.2, 0.25) is 0 Å². The van der Waals surface area contributed by atoms with Crippen LogP contribution in [-0.2, 0) is 16.0 Å². The lowest BCUT2D eigenvalue weighted by Crippen LogP contribution is -2.17. The molecule has 0 aliphatic carbocycles. The molecule has 1 aromatic carbocycles. The van der Waals surface area contributed by atoms with E-state index in [4.69, 9.17) is 9.47 Å². The summed E-state index contributed by atoms with van der Waals surface area (Å²) in [5.74, 6) is -0.693. The third-order valence-electron chi connectivity index (χ3n) is 2.73. The highest BCUT2D eigenvalue weighted by molar-refractivity contribution is 5.72. The summed E-state index contributed by atoms with van der Waals surface area (Å²) in [6.07, 6.45) is 1.14. The molecular formula is C13H17FO3. The van der Waals surface area contributed by atoms with Crippen molar-refractivity contribution >= 4 is 5.97 Å². The van der Waals surface area contributed by atoms with E-state index in [9.17, 15) is 9.18 Å². The standard InChI is InChI=1S/C13H17FO3/c1-4-10(13(15)17-3)7-9-5-6-12(16-2)11(14)8-9/h5-6,8,10H,4,7H2,1-3H3. The van der Waals surface area contributed by atoms with Crippen molar-refractivity contribution in [2.24, 2.45) is 5.92 Å². The Kier molecular flexibility index (Phi) is 4.94. The summed E-state index contributed by atoms with van der Waals surface area (Å²) in [7, 11) is 2.78. The van der Waals surface area contributed by atoms with Crippen molar-refractivity contribution < 1.29 is 18.7 Å². The number of carbonyl (C=O) groups excluding carboxylic acids is 1. The van der Waals surface area contributed by atoms with Gasteiger partial charge in [-0.1, -0.05) is 13.0 Å². The molecule has 1 rings (SSSR count). The van der Waals surface area contributed by atoms with Crippen LogP contribution in [0.1, 0.15) is 18.9 Å². The van der Waals surface area contributed by atoms with Crippen molar-refractivity contribution in [1.29, 1.82) is 0 Å². The number of ether oxygens (including phenoxy) is 2. The van der Waals surface area contributed by atoms with E-state index in [0.717, 1.165) is 5.56 Å². The van der Waals surface area contributed by atoms with E-state index in [1.165, 1.54) is 20.3 Å². The first-order valence-corrected chi connectivity index (χ1v) is 5.52. The molecule has 0 bridgehead atoms. The van der Waals surface area contributed by atoms with Crippen LogP contribution in [0.4, 0.5) is 4.39 Å². The molecular weight excluding hydrogens is 223 g/mol. The highest BCUT2D eigenvalue weighted by atomic mass is 19.1. The van der Waals surface area contributed by atoms with Gasteiger partial charge in [0, 0.05) is 0 Å². The Labute approximate surface area is 101 Å². The van der Waals surface area contributed by atoms with Gasteiger partial charge < -0.3 is 9.47 Å². The van der Waals surface area contributed by atoms with Gasteiger partial charge in [0.1, 0.15) is 0 Å². The molecule has 0 aromatic heterocycles. The van der Waals surface area contributed by atoms with Gasteiger partial charge in [-0.2, -0.15) is 0 Å². The van der Waals surface area contributed by atoms with E-state index >= 15 is 0 Å². The molecule has 1 unspecified atom stereocenters. The molecule has 0 saturated carbocycles. The zero-order chi connectivity index (χ0) is 12.8. The molecule has 1 atom stereocenters. The van der Waals surface area contributed by atoms with Crippen LogP contribution < -0.4 is 4.74 Å². The molecule has 0 radical (unpaired) electrons. The predicted molar refractivity (Wildman–Crippen MR) is 62.5 cm³/mol. The van der Waals surface area contributed by atoms with Gasteiger partial charge >= 0.3 is 5.97 Å². The smallest absolute Gasteiger partial charge is 0.308 e. The number of benzene rings is 1. The number of carbonyl (C=O) groups is 1. The molecule has 0 aliphatic heterocycles. The lowest BCUT2D eigenvalue weighted by atomic mass is 9.97. The van der Waals surface area contributed by atoms with Gasteiger partial charge in [0.15, 0.2) is 11.6 Å². The minimum atomic E-state index is -0.412. The molecule has 0 amide bonds. The third-order valence-corrected chi connectivity index (χ3v) is 2.73. The molecule has 1 aromatic rings. The minimum Gasteiger partial charge on any atom is -0.494 e. The minimum absolute atomic E-state index is 0.208. The molecule has 0 N–H and O–H groups in total. The van der Waals surface area contributed by atoms with Crippen molar-refractivity contribution in [3.8, 4) is 5.75 Å². The SMILES string of the molecule is CCC(Cc1ccc(OC)c(F)c1)C(=O)OC. The van der Waals surface area contributed by atoms with Crippen LogP contribution in [0.5, 0.6) is 5.75 Å². The largest absolute Gasteiger partial charge is 0.494 e. The van der Waals surface area contributed by atoms with Gasteiger partial charge in [-0.3, -0.25) is 4.79 Å². The van der Waals surface area contributed by atoms with Gasteiger partial charge in [-0.25, -0.2) is 4.39 Å². The normalized spacial score (nSPS) is 12.0. The lowest BCUT2D eigenvalue weighted by Gasteiger charge is -2.12. The van der Waals surface area contributed by atoms with Crippen molar-refractivity contribution in [3.05, 3.63) is 29.6 Å². The summed E-state index contributed by atoms with van der Waals surface area (Å²) in [5, 5.41) is 0. The average Bonchev–Trinajstić information content (AvgIpc) is 2.35. The first-order chi connectivity index (χ1) is 8.12. The molecule has 3 nitrogen and oxygen atoms in total. The lowest BCUT2D eigenvalue weighted by molar-refractivity contribution is -0.145. The molecule has 0 heterocycles. The van der Waals surface area contributed by atoms with E-state index < -0.39 is 5.82 Å². The number of esters is 1. The zero-order valence-electron chi connectivity index (χ0n) is 10.3. The highest BCUT2D eigenvalue weighted by Crippen LogP contribution is 2.21. The number of hydrogen-bond acceptors (Lipinski definition) is 3. The number of halogens is 1. The van der Waals surface area contributed by atoms with E-state index in [-0.39, 0.29) is 17.6 Å². The Hall–Kier alpha value is -1.58. The summed E-state index contributed by atoms with van der Waals surface area (Å²) in [6.45, 7) is 1.90. The zero-order valence-corrected chi connectivity index (χ0v) is 10.3. The molecule has 0 fully saturated rings. The molecule has 94 valence electrons. The van der Waals surface area contributed by atoms with Gasteiger partial charge in [0.2, 0.25) is 0 Å². The van der Waals surface area contributed by atoms with E-state index in [2.05, 4.69) is 0 Å². The number of methoxy groups -OCH3 is 2. The highest BCUT2D eigenvalue weighted by Gasteiger charge is 2.18. The topological polar surface area (TPSA) is 35.5 Å². The van der Waals surface area contributed by atoms with E-state index in [1.54, 1.807) is 12.1 Å². The quantitative estimate of drug-likeness (QED) is 0.742. The van der Waals surface area contributed by atoms with Gasteiger partial charge in [-0.15, -0.1) is 0 Å². The van der Waals surface area contributed by atoms with E-state index in [0.29, 0.717) is 12.8 Å². The fourth-order valence-corrected chi connectivity index (χ4v) is 1.68. The third kappa shape index (κ3) is 3.44. The maximum absolute atomic E-state index is 13.4.